The Labute approximate surface area is 165 Å². The second-order valence-corrected chi connectivity index (χ2v) is 6.83. The van der Waals surface area contributed by atoms with E-state index in [-0.39, 0.29) is 11.6 Å². The molecule has 0 saturated heterocycles. The van der Waals surface area contributed by atoms with E-state index >= 15 is 0 Å². The Hall–Kier alpha value is -3.42. The summed E-state index contributed by atoms with van der Waals surface area (Å²) in [5, 5.41) is 23.2. The number of rotatable bonds is 4. The van der Waals surface area contributed by atoms with Crippen LogP contribution in [0.25, 0.3) is 5.69 Å². The lowest BCUT2D eigenvalue weighted by atomic mass is 10.0. The third-order valence-electron chi connectivity index (χ3n) is 4.47. The van der Waals surface area contributed by atoms with E-state index in [0.29, 0.717) is 5.69 Å². The SMILES string of the molecule is CC(C)c1ccccc1NC(=O)c1c(O)cn(-c2cccc(C(F)(F)F)c2)c1O. The third kappa shape index (κ3) is 4.06. The molecule has 0 aliphatic carbocycles. The summed E-state index contributed by atoms with van der Waals surface area (Å²) in [6.45, 7) is 3.90. The van der Waals surface area contributed by atoms with E-state index in [4.69, 9.17) is 0 Å². The summed E-state index contributed by atoms with van der Waals surface area (Å²) in [4.78, 5) is 12.7. The number of anilines is 1. The minimum absolute atomic E-state index is 0.0470. The van der Waals surface area contributed by atoms with Gasteiger partial charge in [-0.05, 0) is 35.7 Å². The standard InChI is InChI=1S/C21H19F3N2O3/c1-12(2)15-8-3-4-9-16(15)25-19(28)18-17(27)11-26(20(18)29)14-7-5-6-13(10-14)21(22,23)24/h3-12,27,29H,1-2H3,(H,25,28). The predicted octanol–water partition coefficient (Wildman–Crippen LogP) is 5.28. The summed E-state index contributed by atoms with van der Waals surface area (Å²) in [5.74, 6) is -1.89. The number of halogens is 3. The summed E-state index contributed by atoms with van der Waals surface area (Å²) in [7, 11) is 0. The minimum atomic E-state index is -4.57. The van der Waals surface area contributed by atoms with E-state index in [1.165, 1.54) is 12.1 Å². The van der Waals surface area contributed by atoms with Crippen LogP contribution in [0.2, 0.25) is 0 Å². The van der Waals surface area contributed by atoms with Crippen LogP contribution in [0.5, 0.6) is 11.6 Å². The van der Waals surface area contributed by atoms with E-state index in [1.54, 1.807) is 12.1 Å². The summed E-state index contributed by atoms with van der Waals surface area (Å²) < 4.78 is 39.8. The average Bonchev–Trinajstić information content (AvgIpc) is 2.95. The number of nitrogens with zero attached hydrogens (tertiary/aromatic N) is 1. The lowest BCUT2D eigenvalue weighted by molar-refractivity contribution is -0.137. The highest BCUT2D eigenvalue weighted by atomic mass is 19.4. The molecule has 0 unspecified atom stereocenters. The van der Waals surface area contributed by atoms with Crippen LogP contribution in [0.1, 0.15) is 41.3 Å². The van der Waals surface area contributed by atoms with Gasteiger partial charge in [0.1, 0.15) is 11.3 Å². The molecule has 3 aromatic rings. The van der Waals surface area contributed by atoms with Gasteiger partial charge in [0.15, 0.2) is 0 Å². The molecule has 0 fully saturated rings. The summed E-state index contributed by atoms with van der Waals surface area (Å²) >= 11 is 0. The molecule has 0 spiro atoms. The maximum Gasteiger partial charge on any atom is 0.416 e. The largest absolute Gasteiger partial charge is 0.505 e. The second-order valence-electron chi connectivity index (χ2n) is 6.83. The van der Waals surface area contributed by atoms with Gasteiger partial charge in [-0.25, -0.2) is 0 Å². The van der Waals surface area contributed by atoms with E-state index < -0.39 is 34.8 Å². The van der Waals surface area contributed by atoms with Crippen molar-refractivity contribution < 1.29 is 28.2 Å². The van der Waals surface area contributed by atoms with Crippen molar-refractivity contribution in [1.29, 1.82) is 0 Å². The molecule has 0 aliphatic heterocycles. The fraction of sp³-hybridized carbons (Fsp3) is 0.190. The molecular formula is C21H19F3N2O3. The number of nitrogens with one attached hydrogen (secondary N) is 1. The van der Waals surface area contributed by atoms with Gasteiger partial charge in [0.25, 0.3) is 5.91 Å². The zero-order valence-corrected chi connectivity index (χ0v) is 15.7. The summed E-state index contributed by atoms with van der Waals surface area (Å²) in [6.07, 6.45) is -3.57. The van der Waals surface area contributed by atoms with Crippen LogP contribution in [0.4, 0.5) is 18.9 Å². The first-order valence-corrected chi connectivity index (χ1v) is 8.80. The van der Waals surface area contributed by atoms with Crippen molar-refractivity contribution in [2.45, 2.75) is 25.9 Å². The Kier molecular flexibility index (Phi) is 5.28. The number of para-hydroxylation sites is 1. The van der Waals surface area contributed by atoms with Gasteiger partial charge in [0, 0.05) is 11.4 Å². The number of hydrogen-bond acceptors (Lipinski definition) is 3. The number of alkyl halides is 3. The molecule has 0 saturated carbocycles. The van der Waals surface area contributed by atoms with E-state index in [0.717, 1.165) is 28.5 Å². The van der Waals surface area contributed by atoms with Gasteiger partial charge in [-0.1, -0.05) is 38.1 Å². The maximum absolute atomic E-state index is 13.0. The van der Waals surface area contributed by atoms with Crippen molar-refractivity contribution >= 4 is 11.6 Å². The number of benzene rings is 2. The van der Waals surface area contributed by atoms with Gasteiger partial charge in [0.05, 0.1) is 11.8 Å². The van der Waals surface area contributed by atoms with Crippen molar-refractivity contribution in [3.63, 3.8) is 0 Å². The quantitative estimate of drug-likeness (QED) is 0.554. The van der Waals surface area contributed by atoms with Crippen molar-refractivity contribution in [2.24, 2.45) is 0 Å². The maximum atomic E-state index is 13.0. The van der Waals surface area contributed by atoms with Crippen molar-refractivity contribution in [3.8, 4) is 17.3 Å². The number of carbonyl (C=O) groups is 1. The smallest absolute Gasteiger partial charge is 0.416 e. The topological polar surface area (TPSA) is 74.5 Å². The van der Waals surface area contributed by atoms with Crippen molar-refractivity contribution in [2.75, 3.05) is 5.32 Å². The van der Waals surface area contributed by atoms with E-state index in [2.05, 4.69) is 5.32 Å². The molecule has 5 nitrogen and oxygen atoms in total. The molecule has 0 radical (unpaired) electrons. The van der Waals surface area contributed by atoms with Crippen LogP contribution in [0.15, 0.2) is 54.7 Å². The predicted molar refractivity (Wildman–Crippen MR) is 103 cm³/mol. The molecule has 0 atom stereocenters. The highest BCUT2D eigenvalue weighted by molar-refractivity contribution is 6.08. The zero-order chi connectivity index (χ0) is 21.3. The van der Waals surface area contributed by atoms with Crippen LogP contribution >= 0.6 is 0 Å². The molecule has 3 rings (SSSR count). The summed E-state index contributed by atoms with van der Waals surface area (Å²) in [6, 6.07) is 11.3. The lowest BCUT2D eigenvalue weighted by Gasteiger charge is -2.13. The van der Waals surface area contributed by atoms with Gasteiger partial charge in [-0.2, -0.15) is 13.2 Å². The molecule has 1 amide bonds. The fourth-order valence-electron chi connectivity index (χ4n) is 3.03. The molecule has 29 heavy (non-hydrogen) atoms. The highest BCUT2D eigenvalue weighted by Gasteiger charge is 2.31. The fourth-order valence-corrected chi connectivity index (χ4v) is 3.03. The van der Waals surface area contributed by atoms with Crippen LogP contribution in [-0.2, 0) is 6.18 Å². The number of aromatic nitrogens is 1. The third-order valence-corrected chi connectivity index (χ3v) is 4.47. The lowest BCUT2D eigenvalue weighted by Crippen LogP contribution is -2.13. The van der Waals surface area contributed by atoms with Crippen LogP contribution in [0, 0.1) is 0 Å². The Morgan fingerprint density at radius 3 is 2.41 bits per heavy atom. The average molecular weight is 404 g/mol. The van der Waals surface area contributed by atoms with Crippen molar-refractivity contribution in [1.82, 2.24) is 4.57 Å². The first-order chi connectivity index (χ1) is 13.6. The molecule has 1 heterocycles. The van der Waals surface area contributed by atoms with Crippen LogP contribution < -0.4 is 5.32 Å². The molecule has 3 N–H and O–H groups in total. The van der Waals surface area contributed by atoms with Gasteiger partial charge in [0.2, 0.25) is 5.88 Å². The van der Waals surface area contributed by atoms with E-state index in [1.807, 2.05) is 26.0 Å². The second kappa shape index (κ2) is 7.54. The van der Waals surface area contributed by atoms with Gasteiger partial charge in [-0.3, -0.25) is 9.36 Å². The Balaban J connectivity index is 1.98. The highest BCUT2D eigenvalue weighted by Crippen LogP contribution is 2.36. The van der Waals surface area contributed by atoms with Crippen LogP contribution in [0.3, 0.4) is 0 Å². The molecule has 1 aromatic heterocycles. The number of aromatic hydroxyl groups is 2. The summed E-state index contributed by atoms with van der Waals surface area (Å²) in [5.41, 5.74) is -0.0232. The monoisotopic (exact) mass is 404 g/mol. The van der Waals surface area contributed by atoms with Gasteiger partial charge in [-0.15, -0.1) is 0 Å². The normalized spacial score (nSPS) is 11.7. The molecular weight excluding hydrogens is 385 g/mol. The first kappa shape index (κ1) is 20.3. The number of hydrogen-bond donors (Lipinski definition) is 3. The van der Waals surface area contributed by atoms with Gasteiger partial charge < -0.3 is 15.5 Å². The molecule has 152 valence electrons. The van der Waals surface area contributed by atoms with Crippen LogP contribution in [-0.4, -0.2) is 20.7 Å². The van der Waals surface area contributed by atoms with Crippen molar-refractivity contribution in [3.05, 3.63) is 71.4 Å². The van der Waals surface area contributed by atoms with E-state index in [9.17, 15) is 28.2 Å². The Bertz CT molecular complexity index is 1060. The molecule has 0 aliphatic rings. The Morgan fingerprint density at radius 1 is 1.07 bits per heavy atom. The Morgan fingerprint density at radius 2 is 1.76 bits per heavy atom. The molecule has 0 bridgehead atoms. The minimum Gasteiger partial charge on any atom is -0.505 e. The first-order valence-electron chi connectivity index (χ1n) is 8.80. The number of carbonyl (C=O) groups excluding carboxylic acids is 1. The van der Waals surface area contributed by atoms with Gasteiger partial charge >= 0.3 is 6.18 Å². The number of amides is 1. The molecule has 2 aromatic carbocycles. The zero-order valence-electron chi connectivity index (χ0n) is 15.7. The molecule has 8 heteroatoms.